The molecule has 2 saturated heterocycles. The Kier molecular flexibility index (Phi) is 6.19. The van der Waals surface area contributed by atoms with Crippen LogP contribution in [0.15, 0.2) is 30.3 Å². The van der Waals surface area contributed by atoms with E-state index in [-0.39, 0.29) is 5.91 Å². The van der Waals surface area contributed by atoms with E-state index in [1.54, 1.807) is 0 Å². The van der Waals surface area contributed by atoms with E-state index in [1.807, 2.05) is 36.1 Å². The monoisotopic (exact) mass is 506 g/mol. The summed E-state index contributed by atoms with van der Waals surface area (Å²) in [6, 6.07) is 9.89. The molecule has 0 saturated carbocycles. The van der Waals surface area contributed by atoms with Crippen molar-refractivity contribution < 1.29 is 4.79 Å². The van der Waals surface area contributed by atoms with E-state index in [0.29, 0.717) is 13.1 Å². The predicted molar refractivity (Wildman–Crippen MR) is 124 cm³/mol. The van der Waals surface area contributed by atoms with E-state index in [0.717, 1.165) is 65.9 Å². The molecule has 1 aromatic heterocycles. The number of nitrogens with zero attached hydrogens (tertiary/aromatic N) is 6. The first kappa shape index (κ1) is 20.3. The van der Waals surface area contributed by atoms with Crippen LogP contribution < -0.4 is 9.80 Å². The van der Waals surface area contributed by atoms with Crippen molar-refractivity contribution in [2.24, 2.45) is 0 Å². The molecule has 4 rings (SSSR count). The van der Waals surface area contributed by atoms with Crippen molar-refractivity contribution in [2.75, 3.05) is 69.2 Å². The molecule has 2 fully saturated rings. The zero-order chi connectivity index (χ0) is 20.4. The van der Waals surface area contributed by atoms with Gasteiger partial charge in [0.2, 0.25) is 0 Å². The third-order valence-electron chi connectivity index (χ3n) is 5.63. The van der Waals surface area contributed by atoms with Crippen LogP contribution in [0.1, 0.15) is 16.2 Å². The second-order valence-electron chi connectivity index (χ2n) is 7.68. The molecule has 2 aliphatic heterocycles. The van der Waals surface area contributed by atoms with Gasteiger partial charge in [0.15, 0.2) is 0 Å². The lowest BCUT2D eigenvalue weighted by Crippen LogP contribution is -2.49. The summed E-state index contributed by atoms with van der Waals surface area (Å²) in [7, 11) is 2.16. The summed E-state index contributed by atoms with van der Waals surface area (Å²) >= 11 is 2.23. The Bertz CT molecular complexity index is 875. The third-order valence-corrected chi connectivity index (χ3v) is 6.57. The maximum atomic E-state index is 12.9. The molecule has 0 bridgehead atoms. The highest BCUT2D eigenvalue weighted by molar-refractivity contribution is 14.1. The van der Waals surface area contributed by atoms with E-state index in [2.05, 4.69) is 60.4 Å². The second-order valence-corrected chi connectivity index (χ2v) is 8.84. The van der Waals surface area contributed by atoms with Crippen molar-refractivity contribution in [3.8, 4) is 0 Å². The van der Waals surface area contributed by atoms with Gasteiger partial charge in [-0.25, -0.2) is 9.97 Å². The minimum Gasteiger partial charge on any atom is -0.354 e. The van der Waals surface area contributed by atoms with Crippen molar-refractivity contribution in [2.45, 2.75) is 6.92 Å². The summed E-state index contributed by atoms with van der Waals surface area (Å²) in [6.07, 6.45) is 0. The number of aromatic nitrogens is 2. The summed E-state index contributed by atoms with van der Waals surface area (Å²) in [5.41, 5.74) is 0.789. The van der Waals surface area contributed by atoms with Gasteiger partial charge >= 0.3 is 0 Å². The molecule has 7 nitrogen and oxygen atoms in total. The number of aryl methyl sites for hydroxylation is 1. The zero-order valence-electron chi connectivity index (χ0n) is 17.0. The van der Waals surface area contributed by atoms with Gasteiger partial charge in [-0.1, -0.05) is 12.1 Å². The summed E-state index contributed by atoms with van der Waals surface area (Å²) in [4.78, 5) is 31.1. The molecule has 29 heavy (non-hydrogen) atoms. The van der Waals surface area contributed by atoms with Crippen molar-refractivity contribution in [3.63, 3.8) is 0 Å². The molecule has 2 aliphatic rings. The van der Waals surface area contributed by atoms with Crippen LogP contribution in [-0.2, 0) is 0 Å². The minimum atomic E-state index is 0.117. The standard InChI is InChI=1S/C21H27IN6O/c1-16-23-19(26-9-7-25(2)8-10-26)15-20(24-16)27-11-13-28(14-12-27)21(29)17-5-3-4-6-18(17)22/h3-6,15H,7-14H2,1-2H3. The molecule has 0 aliphatic carbocycles. The van der Waals surface area contributed by atoms with Crippen LogP contribution >= 0.6 is 22.6 Å². The van der Waals surface area contributed by atoms with E-state index in [1.165, 1.54) is 0 Å². The van der Waals surface area contributed by atoms with E-state index < -0.39 is 0 Å². The topological polar surface area (TPSA) is 55.8 Å². The fraction of sp³-hybridized carbons (Fsp3) is 0.476. The predicted octanol–water partition coefficient (Wildman–Crippen LogP) is 2.10. The number of likely N-dealkylation sites (N-methyl/N-ethyl adjacent to an activating group) is 1. The van der Waals surface area contributed by atoms with Gasteiger partial charge in [0.1, 0.15) is 17.5 Å². The molecule has 154 valence electrons. The SMILES string of the molecule is Cc1nc(N2CCN(C)CC2)cc(N2CCN(C(=O)c3ccccc3I)CC2)n1. The number of amides is 1. The van der Waals surface area contributed by atoms with Crippen molar-refractivity contribution >= 4 is 40.1 Å². The summed E-state index contributed by atoms with van der Waals surface area (Å²) in [6.45, 7) is 9.03. The number of hydrogen-bond donors (Lipinski definition) is 0. The fourth-order valence-corrected chi connectivity index (χ4v) is 4.46. The Morgan fingerprint density at radius 3 is 2.03 bits per heavy atom. The molecular weight excluding hydrogens is 479 g/mol. The first-order chi connectivity index (χ1) is 14.0. The number of carbonyl (C=O) groups excluding carboxylic acids is 1. The van der Waals surface area contributed by atoms with Crippen LogP contribution in [0, 0.1) is 10.5 Å². The lowest BCUT2D eigenvalue weighted by molar-refractivity contribution is 0.0745. The maximum absolute atomic E-state index is 12.9. The van der Waals surface area contributed by atoms with Gasteiger partial charge in [0, 0.05) is 62.0 Å². The lowest BCUT2D eigenvalue weighted by Gasteiger charge is -2.37. The Morgan fingerprint density at radius 1 is 0.897 bits per heavy atom. The first-order valence-corrected chi connectivity index (χ1v) is 11.2. The van der Waals surface area contributed by atoms with Crippen molar-refractivity contribution in [3.05, 3.63) is 45.3 Å². The van der Waals surface area contributed by atoms with Crippen molar-refractivity contribution in [1.82, 2.24) is 19.8 Å². The Labute approximate surface area is 185 Å². The average Bonchev–Trinajstić information content (AvgIpc) is 2.74. The molecular formula is C21H27IN6O. The lowest BCUT2D eigenvalue weighted by atomic mass is 10.2. The van der Waals surface area contributed by atoms with E-state index in [4.69, 9.17) is 0 Å². The summed E-state index contributed by atoms with van der Waals surface area (Å²) in [5, 5.41) is 0. The molecule has 1 aromatic carbocycles. The largest absolute Gasteiger partial charge is 0.354 e. The highest BCUT2D eigenvalue weighted by atomic mass is 127. The number of halogens is 1. The van der Waals surface area contributed by atoms with Gasteiger partial charge in [-0.05, 0) is 48.7 Å². The molecule has 0 atom stereocenters. The number of piperazine rings is 2. The molecule has 0 N–H and O–H groups in total. The highest BCUT2D eigenvalue weighted by Crippen LogP contribution is 2.22. The Hall–Kier alpha value is -1.94. The molecule has 8 heteroatoms. The average molecular weight is 506 g/mol. The van der Waals surface area contributed by atoms with Crippen LogP contribution in [0.5, 0.6) is 0 Å². The fourth-order valence-electron chi connectivity index (χ4n) is 3.84. The molecule has 2 aromatic rings. The summed E-state index contributed by atoms with van der Waals surface area (Å²) in [5.74, 6) is 2.89. The number of benzene rings is 1. The van der Waals surface area contributed by atoms with Crippen LogP contribution in [0.3, 0.4) is 0 Å². The summed E-state index contributed by atoms with van der Waals surface area (Å²) < 4.78 is 1.00. The number of rotatable bonds is 3. The first-order valence-electron chi connectivity index (χ1n) is 10.1. The second kappa shape index (κ2) is 8.83. The highest BCUT2D eigenvalue weighted by Gasteiger charge is 2.25. The van der Waals surface area contributed by atoms with Gasteiger partial charge in [0.25, 0.3) is 5.91 Å². The minimum absolute atomic E-state index is 0.117. The van der Waals surface area contributed by atoms with Crippen LogP contribution in [0.25, 0.3) is 0 Å². The van der Waals surface area contributed by atoms with Gasteiger partial charge < -0.3 is 19.6 Å². The third kappa shape index (κ3) is 4.63. The Balaban J connectivity index is 1.43. The zero-order valence-corrected chi connectivity index (χ0v) is 19.2. The van der Waals surface area contributed by atoms with Gasteiger partial charge in [-0.3, -0.25) is 4.79 Å². The molecule has 0 spiro atoms. The normalized spacial score (nSPS) is 18.2. The number of hydrogen-bond acceptors (Lipinski definition) is 6. The van der Waals surface area contributed by atoms with Gasteiger partial charge in [0.05, 0.1) is 5.56 Å². The molecule has 1 amide bonds. The van der Waals surface area contributed by atoms with Crippen LogP contribution in [0.2, 0.25) is 0 Å². The molecule has 3 heterocycles. The van der Waals surface area contributed by atoms with Gasteiger partial charge in [-0.2, -0.15) is 0 Å². The quantitative estimate of drug-likeness (QED) is 0.595. The van der Waals surface area contributed by atoms with E-state index >= 15 is 0 Å². The number of carbonyl (C=O) groups is 1. The van der Waals surface area contributed by atoms with Crippen LogP contribution in [-0.4, -0.2) is 85.1 Å². The van der Waals surface area contributed by atoms with Gasteiger partial charge in [-0.15, -0.1) is 0 Å². The maximum Gasteiger partial charge on any atom is 0.255 e. The van der Waals surface area contributed by atoms with Crippen LogP contribution in [0.4, 0.5) is 11.6 Å². The Morgan fingerprint density at radius 2 is 1.45 bits per heavy atom. The van der Waals surface area contributed by atoms with Crippen molar-refractivity contribution in [1.29, 1.82) is 0 Å². The molecule has 0 radical (unpaired) electrons. The number of anilines is 2. The van der Waals surface area contributed by atoms with E-state index in [9.17, 15) is 4.79 Å². The smallest absolute Gasteiger partial charge is 0.255 e. The molecule has 0 unspecified atom stereocenters.